The summed E-state index contributed by atoms with van der Waals surface area (Å²) in [6.45, 7) is 3.23. The van der Waals surface area contributed by atoms with Crippen LogP contribution in [0, 0.1) is 13.8 Å². The van der Waals surface area contributed by atoms with Crippen molar-refractivity contribution in [1.29, 1.82) is 0 Å². The van der Waals surface area contributed by atoms with Gasteiger partial charge in [-0.25, -0.2) is 0 Å². The molecular formula is C17H9F6N5O2S. The molecule has 162 valence electrons. The standard InChI is InChI=1S/C17H9F6N5O2S/c1-6-11(12(29-26-6)13-7(2)25-28-31-13)15-24-14(27-30-15)8-3-9(16(18,19)20)5-10(4-8)17(21,22)23/h3-5H,1-2H3. The molecule has 4 rings (SSSR count). The van der Waals surface area contributed by atoms with Gasteiger partial charge in [-0.3, -0.25) is 0 Å². The van der Waals surface area contributed by atoms with Crippen LogP contribution in [0.25, 0.3) is 33.5 Å². The van der Waals surface area contributed by atoms with E-state index in [-0.39, 0.29) is 23.3 Å². The molecule has 0 aliphatic heterocycles. The first-order valence-electron chi connectivity index (χ1n) is 8.34. The van der Waals surface area contributed by atoms with Crippen molar-refractivity contribution in [3.8, 4) is 33.5 Å². The molecule has 0 bridgehead atoms. The van der Waals surface area contributed by atoms with Crippen LogP contribution in [0.4, 0.5) is 26.3 Å². The highest BCUT2D eigenvalue weighted by Gasteiger charge is 2.37. The summed E-state index contributed by atoms with van der Waals surface area (Å²) in [5, 5.41) is 11.2. The maximum Gasteiger partial charge on any atom is 0.416 e. The molecule has 0 spiro atoms. The van der Waals surface area contributed by atoms with Crippen LogP contribution < -0.4 is 0 Å². The quantitative estimate of drug-likeness (QED) is 0.369. The molecule has 4 aromatic rings. The van der Waals surface area contributed by atoms with E-state index < -0.39 is 34.9 Å². The zero-order valence-electron chi connectivity index (χ0n) is 15.5. The van der Waals surface area contributed by atoms with E-state index in [0.29, 0.717) is 28.4 Å². The van der Waals surface area contributed by atoms with E-state index in [1.165, 1.54) is 0 Å². The van der Waals surface area contributed by atoms with Crippen molar-refractivity contribution in [3.63, 3.8) is 0 Å². The first kappa shape index (κ1) is 21.0. The van der Waals surface area contributed by atoms with Crippen molar-refractivity contribution in [2.75, 3.05) is 0 Å². The van der Waals surface area contributed by atoms with Crippen LogP contribution in [-0.2, 0) is 12.4 Å². The fourth-order valence-corrected chi connectivity index (χ4v) is 3.38. The second kappa shape index (κ2) is 7.14. The van der Waals surface area contributed by atoms with Crippen LogP contribution in [0.3, 0.4) is 0 Å². The molecule has 0 saturated carbocycles. The van der Waals surface area contributed by atoms with Gasteiger partial charge in [0.2, 0.25) is 5.82 Å². The number of rotatable bonds is 3. The number of halogens is 6. The molecule has 1 aromatic carbocycles. The summed E-state index contributed by atoms with van der Waals surface area (Å²) in [5.74, 6) is -0.458. The maximum atomic E-state index is 13.1. The zero-order valence-corrected chi connectivity index (χ0v) is 16.3. The Morgan fingerprint density at radius 1 is 0.839 bits per heavy atom. The third-order valence-corrected chi connectivity index (χ3v) is 5.03. The van der Waals surface area contributed by atoms with Gasteiger partial charge in [0, 0.05) is 5.56 Å². The summed E-state index contributed by atoms with van der Waals surface area (Å²) < 4.78 is 92.9. The summed E-state index contributed by atoms with van der Waals surface area (Å²) >= 11 is 1.00. The van der Waals surface area contributed by atoms with Crippen molar-refractivity contribution < 1.29 is 35.4 Å². The van der Waals surface area contributed by atoms with Crippen LogP contribution in [-0.4, -0.2) is 24.9 Å². The molecule has 0 aliphatic carbocycles. The average Bonchev–Trinajstić information content (AvgIpc) is 3.39. The second-order valence-corrected chi connectivity index (χ2v) is 7.13. The zero-order chi connectivity index (χ0) is 22.6. The Morgan fingerprint density at radius 3 is 2.03 bits per heavy atom. The normalized spacial score (nSPS) is 12.5. The monoisotopic (exact) mass is 461 g/mol. The number of alkyl halides is 6. The Kier molecular flexibility index (Phi) is 4.83. The first-order chi connectivity index (χ1) is 14.4. The van der Waals surface area contributed by atoms with Gasteiger partial charge < -0.3 is 9.05 Å². The molecule has 0 N–H and O–H groups in total. The second-order valence-electron chi connectivity index (χ2n) is 6.38. The highest BCUT2D eigenvalue weighted by atomic mass is 32.1. The lowest BCUT2D eigenvalue weighted by Gasteiger charge is -2.12. The van der Waals surface area contributed by atoms with Gasteiger partial charge in [0.15, 0.2) is 5.76 Å². The lowest BCUT2D eigenvalue weighted by molar-refractivity contribution is -0.143. The molecular weight excluding hydrogens is 452 g/mol. The Hall–Kier alpha value is -3.29. The number of aryl methyl sites for hydroxylation is 2. The van der Waals surface area contributed by atoms with Crippen molar-refractivity contribution in [1.82, 2.24) is 24.9 Å². The van der Waals surface area contributed by atoms with E-state index in [2.05, 4.69) is 24.9 Å². The summed E-state index contributed by atoms with van der Waals surface area (Å²) in [6, 6.07) is 1.05. The number of benzene rings is 1. The van der Waals surface area contributed by atoms with Crippen molar-refractivity contribution in [3.05, 3.63) is 40.7 Å². The molecule has 31 heavy (non-hydrogen) atoms. The average molecular weight is 461 g/mol. The molecule has 7 nitrogen and oxygen atoms in total. The molecule has 0 amide bonds. The van der Waals surface area contributed by atoms with E-state index in [9.17, 15) is 26.3 Å². The molecule has 3 aromatic heterocycles. The van der Waals surface area contributed by atoms with Gasteiger partial charge >= 0.3 is 12.4 Å². The van der Waals surface area contributed by atoms with Gasteiger partial charge in [-0.2, -0.15) is 31.3 Å². The van der Waals surface area contributed by atoms with Crippen LogP contribution in [0.15, 0.2) is 27.2 Å². The topological polar surface area (TPSA) is 90.7 Å². The van der Waals surface area contributed by atoms with Gasteiger partial charge in [0.1, 0.15) is 10.4 Å². The number of hydrogen-bond acceptors (Lipinski definition) is 8. The predicted molar refractivity (Wildman–Crippen MR) is 93.6 cm³/mol. The minimum absolute atomic E-state index is 0.0202. The van der Waals surface area contributed by atoms with Crippen LogP contribution in [0.5, 0.6) is 0 Å². The molecule has 0 aliphatic rings. The third kappa shape index (κ3) is 3.89. The van der Waals surface area contributed by atoms with Crippen molar-refractivity contribution in [2.24, 2.45) is 0 Å². The molecule has 0 radical (unpaired) electrons. The molecule has 0 fully saturated rings. The van der Waals surface area contributed by atoms with Crippen LogP contribution in [0.1, 0.15) is 22.5 Å². The fourth-order valence-electron chi connectivity index (χ4n) is 2.74. The van der Waals surface area contributed by atoms with Gasteiger partial charge in [-0.1, -0.05) is 14.8 Å². The van der Waals surface area contributed by atoms with Gasteiger partial charge in [-0.15, -0.1) is 5.10 Å². The summed E-state index contributed by atoms with van der Waals surface area (Å²) in [4.78, 5) is 4.49. The van der Waals surface area contributed by atoms with Gasteiger partial charge in [0.05, 0.1) is 22.5 Å². The van der Waals surface area contributed by atoms with Crippen molar-refractivity contribution in [2.45, 2.75) is 26.2 Å². The van der Waals surface area contributed by atoms with Gasteiger partial charge in [0.25, 0.3) is 5.89 Å². The van der Waals surface area contributed by atoms with E-state index in [4.69, 9.17) is 9.05 Å². The van der Waals surface area contributed by atoms with E-state index in [1.54, 1.807) is 13.8 Å². The molecule has 0 unspecified atom stereocenters. The van der Waals surface area contributed by atoms with E-state index in [0.717, 1.165) is 11.5 Å². The molecule has 3 heterocycles. The third-order valence-electron chi connectivity index (χ3n) is 4.21. The van der Waals surface area contributed by atoms with Crippen LogP contribution >= 0.6 is 11.5 Å². The maximum absolute atomic E-state index is 13.1. The fraction of sp³-hybridized carbons (Fsp3) is 0.235. The number of hydrogen-bond donors (Lipinski definition) is 0. The highest BCUT2D eigenvalue weighted by Crippen LogP contribution is 2.40. The lowest BCUT2D eigenvalue weighted by atomic mass is 10.0. The Labute approximate surface area is 172 Å². The van der Waals surface area contributed by atoms with Crippen LogP contribution in [0.2, 0.25) is 0 Å². The summed E-state index contributed by atoms with van der Waals surface area (Å²) in [7, 11) is 0. The first-order valence-corrected chi connectivity index (χ1v) is 9.12. The van der Waals surface area contributed by atoms with E-state index >= 15 is 0 Å². The van der Waals surface area contributed by atoms with E-state index in [1.807, 2.05) is 0 Å². The Balaban J connectivity index is 1.83. The number of aromatic nitrogens is 5. The summed E-state index contributed by atoms with van der Waals surface area (Å²) in [5.41, 5.74) is -2.42. The predicted octanol–water partition coefficient (Wildman–Crippen LogP) is 5.56. The minimum Gasteiger partial charge on any atom is -0.354 e. The minimum atomic E-state index is -5.00. The highest BCUT2D eigenvalue weighted by molar-refractivity contribution is 7.09. The Morgan fingerprint density at radius 2 is 1.48 bits per heavy atom. The smallest absolute Gasteiger partial charge is 0.354 e. The lowest BCUT2D eigenvalue weighted by Crippen LogP contribution is -2.11. The van der Waals surface area contributed by atoms with Gasteiger partial charge in [-0.05, 0) is 43.6 Å². The Bertz CT molecular complexity index is 1220. The van der Waals surface area contributed by atoms with Crippen molar-refractivity contribution >= 4 is 11.5 Å². The molecule has 0 saturated heterocycles. The molecule has 14 heteroatoms. The summed E-state index contributed by atoms with van der Waals surface area (Å²) in [6.07, 6.45) is -10.0. The largest absolute Gasteiger partial charge is 0.416 e. The number of nitrogens with zero attached hydrogens (tertiary/aromatic N) is 5. The SMILES string of the molecule is Cc1nnsc1-c1onc(C)c1-c1nc(-c2cc(C(F)(F)F)cc(C(F)(F)F)c2)no1. The molecule has 0 atom stereocenters.